The lowest BCUT2D eigenvalue weighted by molar-refractivity contribution is -0.116. The highest BCUT2D eigenvalue weighted by Crippen LogP contribution is 2.28. The van der Waals surface area contributed by atoms with E-state index in [9.17, 15) is 13.2 Å². The number of benzene rings is 2. The molecule has 0 radical (unpaired) electrons. The number of hydrogen-bond donors (Lipinski definition) is 1. The van der Waals surface area contributed by atoms with Crippen LogP contribution in [0, 0.1) is 0 Å². The van der Waals surface area contributed by atoms with Crippen molar-refractivity contribution in [2.75, 3.05) is 26.1 Å². The van der Waals surface area contributed by atoms with Gasteiger partial charge in [-0.05, 0) is 30.3 Å². The average Bonchev–Trinajstić information content (AvgIpc) is 3.27. The Labute approximate surface area is 195 Å². The van der Waals surface area contributed by atoms with Crippen molar-refractivity contribution in [2.24, 2.45) is 0 Å². The summed E-state index contributed by atoms with van der Waals surface area (Å²) in [6.45, 7) is -0.646. The molecule has 0 saturated heterocycles. The van der Waals surface area contributed by atoms with E-state index in [4.69, 9.17) is 37.1 Å². The van der Waals surface area contributed by atoms with Gasteiger partial charge in [0, 0.05) is 23.9 Å². The molecule has 8 nitrogen and oxygen atoms in total. The predicted molar refractivity (Wildman–Crippen MR) is 121 cm³/mol. The van der Waals surface area contributed by atoms with Crippen molar-refractivity contribution in [3.63, 3.8) is 0 Å². The fourth-order valence-electron chi connectivity index (χ4n) is 2.83. The number of carbonyl (C=O) groups excluding carboxylic acids is 1. The van der Waals surface area contributed by atoms with Crippen molar-refractivity contribution in [2.45, 2.75) is 11.4 Å². The van der Waals surface area contributed by atoms with Crippen molar-refractivity contribution in [1.29, 1.82) is 0 Å². The van der Waals surface area contributed by atoms with Gasteiger partial charge in [0.2, 0.25) is 15.9 Å². The Bertz CT molecular complexity index is 1180. The van der Waals surface area contributed by atoms with Crippen LogP contribution in [0.15, 0.2) is 64.1 Å². The molecule has 0 aliphatic heterocycles. The van der Waals surface area contributed by atoms with Crippen LogP contribution in [0.5, 0.6) is 11.5 Å². The number of furan rings is 1. The van der Waals surface area contributed by atoms with E-state index in [-0.39, 0.29) is 21.5 Å². The zero-order valence-electron chi connectivity index (χ0n) is 17.2. The highest BCUT2D eigenvalue weighted by Gasteiger charge is 2.28. The molecular formula is C21H20Cl2N2O6S. The number of sulfonamides is 1. The van der Waals surface area contributed by atoms with E-state index < -0.39 is 22.5 Å². The number of methoxy groups -OCH3 is 2. The van der Waals surface area contributed by atoms with Gasteiger partial charge in [-0.3, -0.25) is 4.79 Å². The van der Waals surface area contributed by atoms with Gasteiger partial charge in [-0.15, -0.1) is 0 Å². The summed E-state index contributed by atoms with van der Waals surface area (Å²) in [5, 5.41) is 2.96. The van der Waals surface area contributed by atoms with Crippen LogP contribution in [-0.2, 0) is 21.4 Å². The van der Waals surface area contributed by atoms with Crippen LogP contribution in [0.25, 0.3) is 0 Å². The van der Waals surface area contributed by atoms with Crippen LogP contribution in [0.4, 0.5) is 5.69 Å². The lowest BCUT2D eigenvalue weighted by Crippen LogP contribution is -2.37. The van der Waals surface area contributed by atoms with Crippen LogP contribution in [0.3, 0.4) is 0 Å². The molecule has 1 aromatic heterocycles. The summed E-state index contributed by atoms with van der Waals surface area (Å²) in [4.78, 5) is 12.7. The minimum absolute atomic E-state index is 0.0821. The molecule has 0 atom stereocenters. The molecule has 170 valence electrons. The van der Waals surface area contributed by atoms with Gasteiger partial charge in [0.25, 0.3) is 0 Å². The Balaban J connectivity index is 1.87. The van der Waals surface area contributed by atoms with Crippen LogP contribution in [0.1, 0.15) is 5.76 Å². The molecule has 32 heavy (non-hydrogen) atoms. The lowest BCUT2D eigenvalue weighted by atomic mass is 10.2. The number of hydrogen-bond acceptors (Lipinski definition) is 6. The van der Waals surface area contributed by atoms with E-state index in [2.05, 4.69) is 5.32 Å². The zero-order valence-corrected chi connectivity index (χ0v) is 19.5. The Morgan fingerprint density at radius 3 is 2.28 bits per heavy atom. The second kappa shape index (κ2) is 10.3. The molecule has 1 heterocycles. The summed E-state index contributed by atoms with van der Waals surface area (Å²) in [6.07, 6.45) is 1.42. The number of rotatable bonds is 9. The lowest BCUT2D eigenvalue weighted by Gasteiger charge is -2.21. The highest BCUT2D eigenvalue weighted by atomic mass is 35.5. The van der Waals surface area contributed by atoms with E-state index in [0.29, 0.717) is 22.9 Å². The summed E-state index contributed by atoms with van der Waals surface area (Å²) in [5.74, 6) is 0.728. The molecule has 3 aromatic rings. The first-order valence-electron chi connectivity index (χ1n) is 9.23. The van der Waals surface area contributed by atoms with Gasteiger partial charge in [0.05, 0.1) is 48.5 Å². The minimum atomic E-state index is -4.11. The maximum absolute atomic E-state index is 13.3. The van der Waals surface area contributed by atoms with Gasteiger partial charge in [-0.1, -0.05) is 23.2 Å². The molecule has 0 bridgehead atoms. The Morgan fingerprint density at radius 1 is 1.03 bits per heavy atom. The highest BCUT2D eigenvalue weighted by molar-refractivity contribution is 7.89. The Morgan fingerprint density at radius 2 is 1.72 bits per heavy atom. The molecular weight excluding hydrogens is 479 g/mol. The normalized spacial score (nSPS) is 11.4. The van der Waals surface area contributed by atoms with Crippen LogP contribution < -0.4 is 14.8 Å². The smallest absolute Gasteiger partial charge is 0.244 e. The monoisotopic (exact) mass is 498 g/mol. The van der Waals surface area contributed by atoms with Crippen molar-refractivity contribution < 1.29 is 27.1 Å². The van der Waals surface area contributed by atoms with Gasteiger partial charge >= 0.3 is 0 Å². The molecule has 1 N–H and O–H groups in total. The molecule has 11 heteroatoms. The number of amides is 1. The third kappa shape index (κ3) is 5.74. The predicted octanol–water partition coefficient (Wildman–Crippen LogP) is 4.43. The first-order chi connectivity index (χ1) is 15.2. The topological polar surface area (TPSA) is 98.1 Å². The van der Waals surface area contributed by atoms with Gasteiger partial charge in [0.15, 0.2) is 0 Å². The molecule has 0 unspecified atom stereocenters. The zero-order chi connectivity index (χ0) is 23.3. The Hall–Kier alpha value is -2.72. The number of ether oxygens (including phenoxy) is 2. The second-order valence-corrected chi connectivity index (χ2v) is 9.33. The Kier molecular flexibility index (Phi) is 7.68. The second-order valence-electron chi connectivity index (χ2n) is 6.58. The molecule has 0 aliphatic rings. The van der Waals surface area contributed by atoms with Crippen LogP contribution in [-0.4, -0.2) is 39.4 Å². The maximum Gasteiger partial charge on any atom is 0.244 e. The van der Waals surface area contributed by atoms with E-state index in [1.807, 2.05) is 0 Å². The first-order valence-corrected chi connectivity index (χ1v) is 11.4. The van der Waals surface area contributed by atoms with Gasteiger partial charge < -0.3 is 19.2 Å². The molecule has 0 saturated carbocycles. The molecule has 3 rings (SSSR count). The van der Waals surface area contributed by atoms with Gasteiger partial charge in [-0.2, -0.15) is 4.31 Å². The van der Waals surface area contributed by atoms with Crippen molar-refractivity contribution in [3.05, 3.63) is 70.6 Å². The third-order valence-electron chi connectivity index (χ3n) is 4.40. The summed E-state index contributed by atoms with van der Waals surface area (Å²) in [7, 11) is -1.15. The molecule has 0 spiro atoms. The molecule has 1 amide bonds. The van der Waals surface area contributed by atoms with Crippen molar-refractivity contribution in [1.82, 2.24) is 4.31 Å². The summed E-state index contributed by atoms with van der Waals surface area (Å²) in [5.41, 5.74) is 0.385. The van der Waals surface area contributed by atoms with Crippen LogP contribution in [0.2, 0.25) is 10.0 Å². The van der Waals surface area contributed by atoms with E-state index in [1.165, 1.54) is 38.7 Å². The quantitative estimate of drug-likeness (QED) is 0.468. The average molecular weight is 499 g/mol. The first kappa shape index (κ1) is 23.9. The fraction of sp³-hybridized carbons (Fsp3) is 0.190. The summed E-state index contributed by atoms with van der Waals surface area (Å²) < 4.78 is 43.2. The van der Waals surface area contributed by atoms with Crippen molar-refractivity contribution >= 4 is 44.8 Å². The van der Waals surface area contributed by atoms with Gasteiger partial charge in [-0.25, -0.2) is 8.42 Å². The van der Waals surface area contributed by atoms with E-state index in [1.54, 1.807) is 30.3 Å². The number of nitrogens with one attached hydrogen (secondary N) is 1. The summed E-state index contributed by atoms with van der Waals surface area (Å²) in [6, 6.07) is 12.0. The van der Waals surface area contributed by atoms with Crippen molar-refractivity contribution in [3.8, 4) is 11.5 Å². The third-order valence-corrected chi connectivity index (χ3v) is 6.92. The fourth-order valence-corrected chi connectivity index (χ4v) is 4.58. The van der Waals surface area contributed by atoms with E-state index in [0.717, 1.165) is 4.31 Å². The standard InChI is InChI=1S/C21H20Cl2N2O6S/c1-29-16-8-14(9-17(10-16)30-2)24-21(26)13-25(12-15-4-3-7-31-15)32(27,28)18-5-6-19(22)20(23)11-18/h3-11H,12-13H2,1-2H3,(H,24,26). The number of anilines is 1. The largest absolute Gasteiger partial charge is 0.497 e. The van der Waals surface area contributed by atoms with Crippen LogP contribution >= 0.6 is 23.2 Å². The maximum atomic E-state index is 13.3. The van der Waals surface area contributed by atoms with Gasteiger partial charge in [0.1, 0.15) is 17.3 Å². The minimum Gasteiger partial charge on any atom is -0.497 e. The summed E-state index contributed by atoms with van der Waals surface area (Å²) >= 11 is 11.9. The molecule has 0 aliphatic carbocycles. The number of nitrogens with zero attached hydrogens (tertiary/aromatic N) is 1. The van der Waals surface area contributed by atoms with E-state index >= 15 is 0 Å². The SMILES string of the molecule is COc1cc(NC(=O)CN(Cc2ccco2)S(=O)(=O)c2ccc(Cl)c(Cl)c2)cc(OC)c1. The number of halogens is 2. The number of carbonyl (C=O) groups is 1. The molecule has 0 fully saturated rings. The molecule has 2 aromatic carbocycles.